The molecule has 0 aliphatic carbocycles. The van der Waals surface area contributed by atoms with Crippen molar-refractivity contribution < 1.29 is 37.5 Å². The molecule has 2 N–H and O–H groups in total. The average Bonchev–Trinajstić information content (AvgIpc) is 3.10. The molecule has 0 spiro atoms. The van der Waals surface area contributed by atoms with Gasteiger partial charge in [0.1, 0.15) is 5.56 Å². The Morgan fingerprint density at radius 1 is 1.14 bits per heavy atom. The van der Waals surface area contributed by atoms with E-state index in [0.717, 1.165) is 19.1 Å². The number of rotatable bonds is 3. The first-order valence-electron chi connectivity index (χ1n) is 7.77. The third-order valence-corrected chi connectivity index (χ3v) is 4.07. The summed E-state index contributed by atoms with van der Waals surface area (Å²) < 4.78 is 45.8. The number of aromatic hydroxyl groups is 2. The Morgan fingerprint density at radius 2 is 1.76 bits per heavy atom. The summed E-state index contributed by atoms with van der Waals surface area (Å²) in [6.45, 7) is 2.35. The number of pyridine rings is 1. The van der Waals surface area contributed by atoms with Crippen LogP contribution in [0.3, 0.4) is 0 Å². The minimum atomic E-state index is -4.83. The molecule has 0 saturated heterocycles. The normalized spacial score (nSPS) is 11.6. The van der Waals surface area contributed by atoms with Gasteiger partial charge < -0.3 is 19.8 Å². The molecule has 2 heterocycles. The monoisotopic (exact) mass is 412 g/mol. The number of halogens is 3. The molecule has 0 aliphatic heterocycles. The maximum atomic E-state index is 13.5. The smallest absolute Gasteiger partial charge is 0.417 e. The molecule has 152 valence electrons. The summed E-state index contributed by atoms with van der Waals surface area (Å²) in [6, 6.07) is 2.29. The molecule has 10 nitrogen and oxygen atoms in total. The number of nitro groups is 1. The van der Waals surface area contributed by atoms with E-state index in [1.807, 2.05) is 0 Å². The minimum absolute atomic E-state index is 0.197. The van der Waals surface area contributed by atoms with Gasteiger partial charge in [0.15, 0.2) is 11.4 Å². The highest BCUT2D eigenvalue weighted by molar-refractivity contribution is 5.69. The Labute approximate surface area is 159 Å². The summed E-state index contributed by atoms with van der Waals surface area (Å²) >= 11 is 0. The van der Waals surface area contributed by atoms with Gasteiger partial charge in [-0.2, -0.15) is 17.9 Å². The predicted octanol–water partition coefficient (Wildman–Crippen LogP) is 2.99. The zero-order valence-electron chi connectivity index (χ0n) is 14.7. The maximum Gasteiger partial charge on any atom is 0.417 e. The lowest BCUT2D eigenvalue weighted by Crippen LogP contribution is -2.35. The number of aromatic nitrogens is 3. The number of alkyl halides is 3. The summed E-state index contributed by atoms with van der Waals surface area (Å²) in [5.41, 5.74) is -3.45. The van der Waals surface area contributed by atoms with Gasteiger partial charge in [-0.1, -0.05) is 0 Å². The zero-order chi connectivity index (χ0) is 21.7. The Bertz CT molecular complexity index is 1140. The van der Waals surface area contributed by atoms with E-state index < -0.39 is 51.2 Å². The van der Waals surface area contributed by atoms with Crippen molar-refractivity contribution in [3.8, 4) is 34.4 Å². The van der Waals surface area contributed by atoms with Crippen LogP contribution >= 0.6 is 0 Å². The Morgan fingerprint density at radius 3 is 2.34 bits per heavy atom. The lowest BCUT2D eigenvalue weighted by molar-refractivity contribution is -0.618. The highest BCUT2D eigenvalue weighted by Crippen LogP contribution is 2.41. The van der Waals surface area contributed by atoms with E-state index in [-0.39, 0.29) is 21.7 Å². The van der Waals surface area contributed by atoms with Crippen molar-refractivity contribution in [3.05, 3.63) is 50.5 Å². The Balaban J connectivity index is 2.20. The van der Waals surface area contributed by atoms with Crippen LogP contribution in [-0.2, 0) is 6.18 Å². The molecule has 1 aromatic carbocycles. The van der Waals surface area contributed by atoms with Gasteiger partial charge in [-0.3, -0.25) is 10.1 Å². The molecular formula is C16H11F3N4O6. The fraction of sp³-hybridized carbons (Fsp3) is 0.188. The summed E-state index contributed by atoms with van der Waals surface area (Å²) in [6.07, 6.45) is -4.83. The second kappa shape index (κ2) is 6.61. The van der Waals surface area contributed by atoms with Crippen molar-refractivity contribution in [2.24, 2.45) is 0 Å². The van der Waals surface area contributed by atoms with Gasteiger partial charge in [0.05, 0.1) is 10.5 Å². The van der Waals surface area contributed by atoms with Crippen molar-refractivity contribution >= 4 is 5.69 Å². The third kappa shape index (κ3) is 3.37. The van der Waals surface area contributed by atoms with E-state index in [1.54, 1.807) is 0 Å². The number of nitro benzene ring substituents is 1. The predicted molar refractivity (Wildman–Crippen MR) is 88.6 cm³/mol. The fourth-order valence-electron chi connectivity index (χ4n) is 2.70. The summed E-state index contributed by atoms with van der Waals surface area (Å²) in [5, 5.41) is 49.2. The minimum Gasteiger partial charge on any atom is -0.618 e. The fourth-order valence-corrected chi connectivity index (χ4v) is 2.70. The quantitative estimate of drug-likeness (QED) is 0.219. The van der Waals surface area contributed by atoms with E-state index in [2.05, 4.69) is 10.2 Å². The third-order valence-electron chi connectivity index (χ3n) is 4.07. The topological polar surface area (TPSA) is 149 Å². The maximum absolute atomic E-state index is 13.5. The van der Waals surface area contributed by atoms with Crippen molar-refractivity contribution in [2.45, 2.75) is 20.0 Å². The van der Waals surface area contributed by atoms with Crippen LogP contribution in [0.1, 0.15) is 17.0 Å². The lowest BCUT2D eigenvalue weighted by atomic mass is 10.0. The molecular weight excluding hydrogens is 401 g/mol. The molecule has 0 radical (unpaired) electrons. The van der Waals surface area contributed by atoms with Crippen LogP contribution in [0.15, 0.2) is 22.6 Å². The van der Waals surface area contributed by atoms with Crippen LogP contribution in [0.5, 0.6) is 11.5 Å². The Kier molecular flexibility index (Phi) is 4.53. The zero-order valence-corrected chi connectivity index (χ0v) is 14.7. The van der Waals surface area contributed by atoms with Crippen molar-refractivity contribution in [1.82, 2.24) is 10.2 Å². The highest BCUT2D eigenvalue weighted by Gasteiger charge is 2.39. The van der Waals surface area contributed by atoms with E-state index in [1.165, 1.54) is 6.92 Å². The summed E-state index contributed by atoms with van der Waals surface area (Å²) in [4.78, 5) is 9.97. The van der Waals surface area contributed by atoms with Gasteiger partial charge in [0.25, 0.3) is 5.89 Å². The summed E-state index contributed by atoms with van der Waals surface area (Å²) in [7, 11) is 0. The van der Waals surface area contributed by atoms with Crippen molar-refractivity contribution in [3.63, 3.8) is 0 Å². The number of aryl methyl sites for hydroxylation is 1. The number of phenolic OH excluding ortho intramolecular Hbond substituents is 2. The van der Waals surface area contributed by atoms with Crippen LogP contribution in [0.25, 0.3) is 22.9 Å². The van der Waals surface area contributed by atoms with Crippen LogP contribution in [0, 0.1) is 29.2 Å². The van der Waals surface area contributed by atoms with E-state index in [0.29, 0.717) is 6.07 Å². The van der Waals surface area contributed by atoms with Crippen LogP contribution in [0.2, 0.25) is 0 Å². The first-order valence-corrected chi connectivity index (χ1v) is 7.77. The Hall–Kier alpha value is -3.90. The lowest BCUT2D eigenvalue weighted by Gasteiger charge is -2.14. The molecule has 0 amide bonds. The van der Waals surface area contributed by atoms with Crippen molar-refractivity contribution in [1.29, 1.82) is 0 Å². The number of benzene rings is 1. The van der Waals surface area contributed by atoms with E-state index in [4.69, 9.17) is 4.42 Å². The summed E-state index contributed by atoms with van der Waals surface area (Å²) in [5.74, 6) is -2.98. The molecule has 0 fully saturated rings. The molecule has 29 heavy (non-hydrogen) atoms. The number of phenols is 2. The van der Waals surface area contributed by atoms with Crippen LogP contribution in [0.4, 0.5) is 18.9 Å². The molecule has 3 aromatic rings. The van der Waals surface area contributed by atoms with Gasteiger partial charge in [-0.25, -0.2) is 0 Å². The second-order valence-corrected chi connectivity index (χ2v) is 5.98. The van der Waals surface area contributed by atoms with Gasteiger partial charge in [-0.05, 0) is 6.07 Å². The molecule has 0 saturated carbocycles. The number of nitrogens with zero attached hydrogens (tertiary/aromatic N) is 4. The molecule has 0 atom stereocenters. The second-order valence-electron chi connectivity index (χ2n) is 5.98. The molecule has 2 aromatic heterocycles. The molecule has 0 unspecified atom stereocenters. The number of hydrogen-bond donors (Lipinski definition) is 2. The standard InChI is InChI=1S/C16H11F3N4O6/c1-6-3-9(16(17,18)19)12(7(2)22(6)26)15-21-20-14(29-15)8-4-10(23(27)28)13(25)11(24)5-8/h3-5,24-25H,1-2H3. The number of hydrogen-bond acceptors (Lipinski definition) is 8. The van der Waals surface area contributed by atoms with Gasteiger partial charge in [0.2, 0.25) is 17.3 Å². The van der Waals surface area contributed by atoms with Gasteiger partial charge >= 0.3 is 11.9 Å². The molecule has 13 heteroatoms. The van der Waals surface area contributed by atoms with Crippen LogP contribution < -0.4 is 4.73 Å². The molecule has 0 bridgehead atoms. The van der Waals surface area contributed by atoms with Gasteiger partial charge in [-0.15, -0.1) is 10.2 Å². The average molecular weight is 412 g/mol. The molecule has 0 aliphatic rings. The van der Waals surface area contributed by atoms with Crippen LogP contribution in [-0.4, -0.2) is 25.3 Å². The first kappa shape index (κ1) is 19.9. The highest BCUT2D eigenvalue weighted by atomic mass is 19.4. The van der Waals surface area contributed by atoms with E-state index >= 15 is 0 Å². The van der Waals surface area contributed by atoms with Gasteiger partial charge in [0, 0.05) is 31.5 Å². The SMILES string of the molecule is Cc1cc(C(F)(F)F)c(-c2nnc(-c3cc(O)c(O)c([N+](=O)[O-])c3)o2)c(C)[n+]1[O-]. The van der Waals surface area contributed by atoms with E-state index in [9.17, 15) is 38.7 Å². The largest absolute Gasteiger partial charge is 0.618 e. The first-order chi connectivity index (χ1) is 13.4. The van der Waals surface area contributed by atoms with Crippen molar-refractivity contribution in [2.75, 3.05) is 0 Å². The molecule has 3 rings (SSSR count).